The summed E-state index contributed by atoms with van der Waals surface area (Å²) in [7, 11) is 0. The minimum absolute atomic E-state index is 0.0817. The van der Waals surface area contributed by atoms with Crippen molar-refractivity contribution in [2.45, 2.75) is 25.8 Å². The fourth-order valence-electron chi connectivity index (χ4n) is 3.08. The molecule has 2 N–H and O–H groups in total. The van der Waals surface area contributed by atoms with Gasteiger partial charge in [0.25, 0.3) is 5.91 Å². The number of aliphatic imine (C=N–C) groups is 1. The fourth-order valence-corrected chi connectivity index (χ4v) is 3.08. The summed E-state index contributed by atoms with van der Waals surface area (Å²) >= 11 is 0. The molecule has 0 fully saturated rings. The number of amides is 3. The van der Waals surface area contributed by atoms with Crippen molar-refractivity contribution in [2.75, 3.05) is 11.9 Å². The minimum atomic E-state index is -2.02. The topological polar surface area (TPSA) is 140 Å². The van der Waals surface area contributed by atoms with E-state index in [4.69, 9.17) is 4.74 Å². The van der Waals surface area contributed by atoms with Gasteiger partial charge in [-0.2, -0.15) is 4.99 Å². The highest BCUT2D eigenvalue weighted by atomic mass is 16.6. The van der Waals surface area contributed by atoms with Crippen LogP contribution in [0.5, 0.6) is 5.75 Å². The number of amidine groups is 1. The third kappa shape index (κ3) is 6.10. The van der Waals surface area contributed by atoms with E-state index in [0.717, 1.165) is 11.3 Å². The van der Waals surface area contributed by atoms with Crippen molar-refractivity contribution in [3.63, 3.8) is 0 Å². The molecule has 0 aliphatic carbocycles. The van der Waals surface area contributed by atoms with E-state index in [1.54, 1.807) is 30.3 Å². The number of nitrogens with one attached hydrogen (secondary N) is 2. The van der Waals surface area contributed by atoms with Crippen molar-refractivity contribution in [3.05, 3.63) is 75.8 Å². The van der Waals surface area contributed by atoms with E-state index in [1.807, 2.05) is 38.1 Å². The zero-order chi connectivity index (χ0) is 24.0. The zero-order valence-electron chi connectivity index (χ0n) is 18.0. The summed E-state index contributed by atoms with van der Waals surface area (Å²) in [6.45, 7) is 3.94. The van der Waals surface area contributed by atoms with Gasteiger partial charge in [-0.05, 0) is 41.3 Å². The first-order valence-electron chi connectivity index (χ1n) is 10.1. The number of hydrogen-bond donors (Lipinski definition) is 2. The summed E-state index contributed by atoms with van der Waals surface area (Å²) in [5, 5.41) is 15.8. The van der Waals surface area contributed by atoms with Crippen LogP contribution in [0, 0.1) is 10.1 Å². The summed E-state index contributed by atoms with van der Waals surface area (Å²) < 4.78 is 5.53. The number of nitro groups is 1. The molecular formula is C23H22N4O6. The Bertz CT molecular complexity index is 1140. The van der Waals surface area contributed by atoms with E-state index in [2.05, 4.69) is 15.6 Å². The van der Waals surface area contributed by atoms with Crippen LogP contribution in [0.3, 0.4) is 0 Å². The van der Waals surface area contributed by atoms with Gasteiger partial charge >= 0.3 is 17.9 Å². The Balaban J connectivity index is 1.55. The molecule has 0 aromatic heterocycles. The standard InChI is InChI=1S/C23H22N4O6/c1-14(2)17-5-3-4-6-18(17)24-20(28)13-33-16-10-7-15(8-11-16)9-12-19-25-22(29)21(27(31)32)23(30)26-19/h3-12,14,21H,13H2,1-2H3,(H,24,28)(H,25,26,29,30)/b12-9+. The van der Waals surface area contributed by atoms with Gasteiger partial charge in [-0.3, -0.25) is 24.5 Å². The summed E-state index contributed by atoms with van der Waals surface area (Å²) in [5.74, 6) is -1.77. The van der Waals surface area contributed by atoms with Crippen LogP contribution < -0.4 is 15.4 Å². The molecular weight excluding hydrogens is 428 g/mol. The summed E-state index contributed by atoms with van der Waals surface area (Å²) in [6, 6.07) is 12.3. The van der Waals surface area contributed by atoms with E-state index >= 15 is 0 Å². The maximum atomic E-state index is 12.3. The molecule has 170 valence electrons. The molecule has 1 unspecified atom stereocenters. The van der Waals surface area contributed by atoms with Gasteiger partial charge in [0.15, 0.2) is 6.61 Å². The predicted molar refractivity (Wildman–Crippen MR) is 121 cm³/mol. The number of ether oxygens (including phenoxy) is 1. The first-order chi connectivity index (χ1) is 15.7. The number of carbonyl (C=O) groups excluding carboxylic acids is 3. The molecule has 33 heavy (non-hydrogen) atoms. The van der Waals surface area contributed by atoms with Gasteiger partial charge in [0.05, 0.1) is 0 Å². The Kier molecular flexibility index (Phi) is 7.29. The monoisotopic (exact) mass is 450 g/mol. The highest BCUT2D eigenvalue weighted by molar-refractivity contribution is 6.21. The van der Waals surface area contributed by atoms with Crippen LogP contribution in [-0.2, 0) is 14.4 Å². The first kappa shape index (κ1) is 23.3. The van der Waals surface area contributed by atoms with Crippen molar-refractivity contribution >= 4 is 35.3 Å². The molecule has 0 bridgehead atoms. The molecule has 2 aromatic carbocycles. The van der Waals surface area contributed by atoms with Crippen LogP contribution in [0.2, 0.25) is 0 Å². The molecule has 1 aliphatic rings. The lowest BCUT2D eigenvalue weighted by Crippen LogP contribution is -2.50. The van der Waals surface area contributed by atoms with Gasteiger partial charge in [-0.1, -0.05) is 50.3 Å². The largest absolute Gasteiger partial charge is 0.484 e. The second-order valence-electron chi connectivity index (χ2n) is 7.49. The van der Waals surface area contributed by atoms with Gasteiger partial charge in [0.1, 0.15) is 11.6 Å². The molecule has 1 atom stereocenters. The van der Waals surface area contributed by atoms with E-state index in [9.17, 15) is 24.5 Å². The van der Waals surface area contributed by atoms with Crippen LogP contribution >= 0.6 is 0 Å². The molecule has 10 nitrogen and oxygen atoms in total. The molecule has 10 heteroatoms. The lowest BCUT2D eigenvalue weighted by Gasteiger charge is -2.14. The third-order valence-electron chi connectivity index (χ3n) is 4.72. The van der Waals surface area contributed by atoms with Crippen molar-refractivity contribution < 1.29 is 24.0 Å². The number of para-hydroxylation sites is 1. The van der Waals surface area contributed by atoms with Crippen LogP contribution in [-0.4, -0.2) is 41.1 Å². The minimum Gasteiger partial charge on any atom is -0.484 e. The zero-order valence-corrected chi connectivity index (χ0v) is 18.0. The second-order valence-corrected chi connectivity index (χ2v) is 7.49. The van der Waals surface area contributed by atoms with E-state index in [-0.39, 0.29) is 24.3 Å². The highest BCUT2D eigenvalue weighted by Crippen LogP contribution is 2.23. The van der Waals surface area contributed by atoms with Crippen molar-refractivity contribution in [2.24, 2.45) is 4.99 Å². The van der Waals surface area contributed by atoms with Gasteiger partial charge in [0.2, 0.25) is 0 Å². The van der Waals surface area contributed by atoms with Crippen LogP contribution in [0.25, 0.3) is 6.08 Å². The van der Waals surface area contributed by atoms with Gasteiger partial charge in [-0.25, -0.2) is 0 Å². The average Bonchev–Trinajstić information content (AvgIpc) is 2.76. The average molecular weight is 450 g/mol. The second kappa shape index (κ2) is 10.3. The number of nitrogens with zero attached hydrogens (tertiary/aromatic N) is 2. The maximum absolute atomic E-state index is 12.3. The molecule has 0 radical (unpaired) electrons. The quantitative estimate of drug-likeness (QED) is 0.360. The summed E-state index contributed by atoms with van der Waals surface area (Å²) in [6.07, 6.45) is 2.93. The molecule has 0 spiro atoms. The van der Waals surface area contributed by atoms with E-state index in [0.29, 0.717) is 11.3 Å². The molecule has 0 saturated carbocycles. The number of anilines is 1. The summed E-state index contributed by atoms with van der Waals surface area (Å²) in [5.41, 5.74) is 2.48. The first-order valence-corrected chi connectivity index (χ1v) is 10.1. The van der Waals surface area contributed by atoms with Crippen molar-refractivity contribution in [1.29, 1.82) is 0 Å². The van der Waals surface area contributed by atoms with E-state index in [1.165, 1.54) is 6.08 Å². The maximum Gasteiger partial charge on any atom is 0.368 e. The molecule has 2 aromatic rings. The van der Waals surface area contributed by atoms with Gasteiger partial charge < -0.3 is 15.4 Å². The Morgan fingerprint density at radius 2 is 1.88 bits per heavy atom. The summed E-state index contributed by atoms with van der Waals surface area (Å²) in [4.78, 5) is 48.8. The molecule has 1 aliphatic heterocycles. The number of hydrogen-bond acceptors (Lipinski definition) is 6. The highest BCUT2D eigenvalue weighted by Gasteiger charge is 2.41. The van der Waals surface area contributed by atoms with Crippen LogP contribution in [0.1, 0.15) is 30.9 Å². The van der Waals surface area contributed by atoms with Crippen molar-refractivity contribution in [1.82, 2.24) is 5.32 Å². The van der Waals surface area contributed by atoms with Gasteiger partial charge in [-0.15, -0.1) is 0 Å². The van der Waals surface area contributed by atoms with Crippen molar-refractivity contribution in [3.8, 4) is 5.75 Å². The number of carbonyl (C=O) groups is 3. The van der Waals surface area contributed by atoms with E-state index < -0.39 is 22.8 Å². The molecule has 1 heterocycles. The predicted octanol–water partition coefficient (Wildman–Crippen LogP) is 2.54. The Morgan fingerprint density at radius 1 is 1.18 bits per heavy atom. The fraction of sp³-hybridized carbons (Fsp3) is 0.217. The van der Waals surface area contributed by atoms with Crippen LogP contribution in [0.4, 0.5) is 5.69 Å². The lowest BCUT2D eigenvalue weighted by molar-refractivity contribution is -0.493. The number of benzene rings is 2. The Hall–Kier alpha value is -4.34. The normalized spacial score (nSPS) is 15.8. The lowest BCUT2D eigenvalue weighted by atomic mass is 10.0. The third-order valence-corrected chi connectivity index (χ3v) is 4.72. The SMILES string of the molecule is CC(C)c1ccccc1NC(=O)COc1ccc(/C=C/C2=NC(=O)C([N+](=O)[O-])C(=O)N2)cc1. The van der Waals surface area contributed by atoms with Gasteiger partial charge in [0, 0.05) is 10.6 Å². The van der Waals surface area contributed by atoms with Crippen LogP contribution in [0.15, 0.2) is 59.6 Å². The molecule has 3 rings (SSSR count). The molecule has 0 saturated heterocycles. The smallest absolute Gasteiger partial charge is 0.368 e. The number of rotatable bonds is 8. The Morgan fingerprint density at radius 3 is 2.52 bits per heavy atom. The Labute approximate surface area is 189 Å². The molecule has 3 amide bonds.